The summed E-state index contributed by atoms with van der Waals surface area (Å²) in [5.41, 5.74) is -0.199. The first-order valence-electron chi connectivity index (χ1n) is 2.56. The molecule has 3 nitrogen and oxygen atoms in total. The Morgan fingerprint density at radius 3 is 2.78 bits per heavy atom. The summed E-state index contributed by atoms with van der Waals surface area (Å²) in [6, 6.07) is 2.63. The SMILES string of the molecule is Cn1ccc(O)cc1=O. The van der Waals surface area contributed by atoms with Gasteiger partial charge >= 0.3 is 0 Å². The van der Waals surface area contributed by atoms with Crippen LogP contribution in [0.5, 0.6) is 5.75 Å². The number of aryl methyl sites for hydroxylation is 1. The van der Waals surface area contributed by atoms with Crippen molar-refractivity contribution in [1.82, 2.24) is 4.57 Å². The second kappa shape index (κ2) is 1.93. The van der Waals surface area contributed by atoms with E-state index in [1.165, 1.54) is 22.9 Å². The Kier molecular flexibility index (Phi) is 1.26. The third kappa shape index (κ3) is 1.10. The zero-order chi connectivity index (χ0) is 6.85. The molecule has 0 amide bonds. The van der Waals surface area contributed by atoms with E-state index in [-0.39, 0.29) is 11.3 Å². The lowest BCUT2D eigenvalue weighted by atomic mass is 10.4. The number of hydrogen-bond donors (Lipinski definition) is 1. The molecule has 0 aromatic carbocycles. The van der Waals surface area contributed by atoms with E-state index >= 15 is 0 Å². The predicted molar refractivity (Wildman–Crippen MR) is 33.3 cm³/mol. The number of aromatic nitrogens is 1. The maximum absolute atomic E-state index is 10.6. The summed E-state index contributed by atoms with van der Waals surface area (Å²) in [5, 5.41) is 8.72. The highest BCUT2D eigenvalue weighted by Gasteiger charge is 1.88. The molecule has 0 aliphatic rings. The van der Waals surface area contributed by atoms with Crippen LogP contribution in [0.4, 0.5) is 0 Å². The van der Waals surface area contributed by atoms with Crippen molar-refractivity contribution in [2.45, 2.75) is 0 Å². The molecule has 0 saturated heterocycles. The van der Waals surface area contributed by atoms with E-state index in [9.17, 15) is 4.79 Å². The molecule has 0 atom stereocenters. The lowest BCUT2D eigenvalue weighted by molar-refractivity contribution is 0.472. The van der Waals surface area contributed by atoms with Gasteiger partial charge in [0, 0.05) is 19.3 Å². The average Bonchev–Trinajstić information content (AvgIpc) is 1.80. The van der Waals surface area contributed by atoms with Crippen molar-refractivity contribution in [3.05, 3.63) is 28.7 Å². The molecule has 0 unspecified atom stereocenters. The number of rotatable bonds is 0. The van der Waals surface area contributed by atoms with Crippen LogP contribution in [0.15, 0.2) is 23.1 Å². The Bertz CT molecular complexity index is 264. The van der Waals surface area contributed by atoms with Gasteiger partial charge in [0.15, 0.2) is 0 Å². The Hall–Kier alpha value is -1.25. The molecule has 1 heterocycles. The smallest absolute Gasteiger partial charge is 0.253 e. The average molecular weight is 125 g/mol. The van der Waals surface area contributed by atoms with E-state index < -0.39 is 0 Å². The molecule has 0 bridgehead atoms. The molecule has 0 spiro atoms. The number of hydrogen-bond acceptors (Lipinski definition) is 2. The van der Waals surface area contributed by atoms with E-state index in [1.54, 1.807) is 7.05 Å². The van der Waals surface area contributed by atoms with E-state index in [0.29, 0.717) is 0 Å². The molecule has 1 aromatic rings. The summed E-state index contributed by atoms with van der Waals surface area (Å²) in [6.07, 6.45) is 1.51. The summed E-state index contributed by atoms with van der Waals surface area (Å²) < 4.78 is 1.39. The third-order valence-corrected chi connectivity index (χ3v) is 1.09. The molecule has 0 radical (unpaired) electrons. The fourth-order valence-corrected chi connectivity index (χ4v) is 0.538. The van der Waals surface area contributed by atoms with E-state index in [4.69, 9.17) is 5.11 Å². The molecule has 1 N–H and O–H groups in total. The molecule has 3 heteroatoms. The molecule has 48 valence electrons. The van der Waals surface area contributed by atoms with Crippen molar-refractivity contribution >= 4 is 0 Å². The van der Waals surface area contributed by atoms with Crippen molar-refractivity contribution in [1.29, 1.82) is 0 Å². The minimum Gasteiger partial charge on any atom is -0.508 e. The highest BCUT2D eigenvalue weighted by atomic mass is 16.3. The van der Waals surface area contributed by atoms with Gasteiger partial charge < -0.3 is 9.67 Å². The van der Waals surface area contributed by atoms with Crippen LogP contribution >= 0.6 is 0 Å². The summed E-state index contributed by atoms with van der Waals surface area (Å²) in [6.45, 7) is 0. The topological polar surface area (TPSA) is 42.2 Å². The van der Waals surface area contributed by atoms with Gasteiger partial charge in [-0.15, -0.1) is 0 Å². The van der Waals surface area contributed by atoms with Gasteiger partial charge in [-0.2, -0.15) is 0 Å². The second-order valence-electron chi connectivity index (χ2n) is 1.83. The Morgan fingerprint density at radius 1 is 1.67 bits per heavy atom. The van der Waals surface area contributed by atoms with Crippen LogP contribution in [0.3, 0.4) is 0 Å². The van der Waals surface area contributed by atoms with Gasteiger partial charge in [-0.25, -0.2) is 0 Å². The highest BCUT2D eigenvalue weighted by molar-refractivity contribution is 5.15. The van der Waals surface area contributed by atoms with Crippen LogP contribution in [-0.2, 0) is 7.05 Å². The Labute approximate surface area is 52.2 Å². The lowest BCUT2D eigenvalue weighted by Gasteiger charge is -1.93. The molecule has 0 aliphatic carbocycles. The number of pyridine rings is 1. The molecule has 0 aliphatic heterocycles. The summed E-state index contributed by atoms with van der Waals surface area (Å²) in [7, 11) is 1.63. The standard InChI is InChI=1S/C6H7NO2/c1-7-3-2-5(8)4-6(7)9/h2-4,8H,1H3. The Morgan fingerprint density at radius 2 is 2.33 bits per heavy atom. The number of nitrogens with zero attached hydrogens (tertiary/aromatic N) is 1. The van der Waals surface area contributed by atoms with E-state index in [1.807, 2.05) is 0 Å². The van der Waals surface area contributed by atoms with Crippen molar-refractivity contribution < 1.29 is 5.11 Å². The van der Waals surface area contributed by atoms with Crippen LogP contribution in [0.25, 0.3) is 0 Å². The van der Waals surface area contributed by atoms with E-state index in [2.05, 4.69) is 0 Å². The van der Waals surface area contributed by atoms with Crippen molar-refractivity contribution in [3.63, 3.8) is 0 Å². The van der Waals surface area contributed by atoms with Gasteiger partial charge in [-0.1, -0.05) is 0 Å². The van der Waals surface area contributed by atoms with Gasteiger partial charge in [-0.3, -0.25) is 4.79 Å². The van der Waals surface area contributed by atoms with Gasteiger partial charge in [0.05, 0.1) is 0 Å². The first-order valence-corrected chi connectivity index (χ1v) is 2.56. The van der Waals surface area contributed by atoms with Crippen LogP contribution in [0, 0.1) is 0 Å². The molecular formula is C6H7NO2. The monoisotopic (exact) mass is 125 g/mol. The van der Waals surface area contributed by atoms with Gasteiger partial charge in [-0.05, 0) is 6.07 Å². The minimum atomic E-state index is -0.199. The van der Waals surface area contributed by atoms with Gasteiger partial charge in [0.2, 0.25) is 0 Å². The molecule has 1 aromatic heterocycles. The van der Waals surface area contributed by atoms with Crippen LogP contribution in [0.2, 0.25) is 0 Å². The molecule has 1 rings (SSSR count). The zero-order valence-corrected chi connectivity index (χ0v) is 5.03. The fraction of sp³-hybridized carbons (Fsp3) is 0.167. The minimum absolute atomic E-state index is 0.0121. The highest BCUT2D eigenvalue weighted by Crippen LogP contribution is 1.98. The van der Waals surface area contributed by atoms with Crippen LogP contribution in [0.1, 0.15) is 0 Å². The lowest BCUT2D eigenvalue weighted by Crippen LogP contribution is -2.12. The molecule has 0 saturated carbocycles. The van der Waals surface area contributed by atoms with Gasteiger partial charge in [0.1, 0.15) is 5.75 Å². The predicted octanol–water partition coefficient (Wildman–Crippen LogP) is 0.0909. The quantitative estimate of drug-likeness (QED) is 0.534. The maximum atomic E-state index is 10.6. The maximum Gasteiger partial charge on any atom is 0.253 e. The van der Waals surface area contributed by atoms with Crippen molar-refractivity contribution in [2.75, 3.05) is 0 Å². The second-order valence-corrected chi connectivity index (χ2v) is 1.83. The van der Waals surface area contributed by atoms with Gasteiger partial charge in [0.25, 0.3) is 5.56 Å². The first kappa shape index (κ1) is 5.88. The zero-order valence-electron chi connectivity index (χ0n) is 5.03. The van der Waals surface area contributed by atoms with Crippen LogP contribution in [-0.4, -0.2) is 9.67 Å². The fourth-order valence-electron chi connectivity index (χ4n) is 0.538. The van der Waals surface area contributed by atoms with Crippen molar-refractivity contribution in [2.24, 2.45) is 7.05 Å². The third-order valence-electron chi connectivity index (χ3n) is 1.09. The van der Waals surface area contributed by atoms with E-state index in [0.717, 1.165) is 0 Å². The van der Waals surface area contributed by atoms with Crippen LogP contribution < -0.4 is 5.56 Å². The molecule has 9 heavy (non-hydrogen) atoms. The summed E-state index contributed by atoms with van der Waals surface area (Å²) >= 11 is 0. The molecular weight excluding hydrogens is 118 g/mol. The summed E-state index contributed by atoms with van der Waals surface area (Å²) in [4.78, 5) is 10.6. The van der Waals surface area contributed by atoms with Crippen molar-refractivity contribution in [3.8, 4) is 5.75 Å². The molecule has 0 fully saturated rings. The summed E-state index contributed by atoms with van der Waals surface area (Å²) in [5.74, 6) is 0.0121. The largest absolute Gasteiger partial charge is 0.508 e. The first-order chi connectivity index (χ1) is 4.20. The normalized spacial score (nSPS) is 9.44. The Balaban J connectivity index is 3.34. The number of aromatic hydroxyl groups is 1.